The second kappa shape index (κ2) is 7.19. The molecule has 4 nitrogen and oxygen atoms in total. The summed E-state index contributed by atoms with van der Waals surface area (Å²) in [5, 5.41) is 3.91. The fourth-order valence-electron chi connectivity index (χ4n) is 2.18. The van der Waals surface area contributed by atoms with Gasteiger partial charge < -0.3 is 5.32 Å². The van der Waals surface area contributed by atoms with Gasteiger partial charge in [-0.3, -0.25) is 9.78 Å². The van der Waals surface area contributed by atoms with Crippen molar-refractivity contribution < 1.29 is 4.79 Å². The van der Waals surface area contributed by atoms with E-state index < -0.39 is 0 Å². The Kier molecular flexibility index (Phi) is 4.82. The molecule has 0 saturated heterocycles. The molecule has 0 saturated carbocycles. The maximum absolute atomic E-state index is 12.4. The van der Waals surface area contributed by atoms with E-state index in [0.29, 0.717) is 4.88 Å². The van der Waals surface area contributed by atoms with E-state index in [1.54, 1.807) is 18.6 Å². The molecule has 0 unspecified atom stereocenters. The van der Waals surface area contributed by atoms with Gasteiger partial charge in [0.1, 0.15) is 5.01 Å². The highest BCUT2D eigenvalue weighted by molar-refractivity contribution is 7.17. The first-order valence-corrected chi connectivity index (χ1v) is 8.37. The first-order valence-electron chi connectivity index (χ1n) is 7.55. The number of benzene rings is 1. The van der Waals surface area contributed by atoms with Crippen molar-refractivity contribution in [3.63, 3.8) is 0 Å². The largest absolute Gasteiger partial charge is 0.362 e. The number of nitrogens with zero attached hydrogens (tertiary/aromatic N) is 2. The molecule has 0 atom stereocenters. The molecule has 2 aromatic heterocycles. The molecule has 0 fully saturated rings. The van der Waals surface area contributed by atoms with E-state index in [1.807, 2.05) is 50.2 Å². The van der Waals surface area contributed by atoms with Crippen molar-refractivity contribution in [1.29, 1.82) is 0 Å². The van der Waals surface area contributed by atoms with Gasteiger partial charge in [0.15, 0.2) is 5.78 Å². The molecule has 0 aliphatic carbocycles. The van der Waals surface area contributed by atoms with Gasteiger partial charge in [0, 0.05) is 35.9 Å². The van der Waals surface area contributed by atoms with Crippen LogP contribution in [0.5, 0.6) is 0 Å². The third-order valence-electron chi connectivity index (χ3n) is 3.47. The van der Waals surface area contributed by atoms with Gasteiger partial charge in [-0.25, -0.2) is 4.98 Å². The Hall–Kier alpha value is -2.79. The lowest BCUT2D eigenvalue weighted by Gasteiger charge is -2.00. The Morgan fingerprint density at radius 3 is 2.67 bits per heavy atom. The Balaban J connectivity index is 1.72. The van der Waals surface area contributed by atoms with E-state index >= 15 is 0 Å². The lowest BCUT2D eigenvalue weighted by molar-refractivity contribution is 0.104. The molecule has 0 spiro atoms. The van der Waals surface area contributed by atoms with Crippen LogP contribution in [0.3, 0.4) is 0 Å². The second-order valence-corrected chi connectivity index (χ2v) is 6.38. The van der Waals surface area contributed by atoms with E-state index in [-0.39, 0.29) is 5.78 Å². The zero-order valence-electron chi connectivity index (χ0n) is 13.5. The summed E-state index contributed by atoms with van der Waals surface area (Å²) < 4.78 is 0. The SMILES string of the molecule is Cc1ccc(NC=CC(=O)c2sc(-c3cccnc3)nc2C)cc1. The molecular weight excluding hydrogens is 318 g/mol. The summed E-state index contributed by atoms with van der Waals surface area (Å²) in [4.78, 5) is 21.6. The van der Waals surface area contributed by atoms with Gasteiger partial charge >= 0.3 is 0 Å². The highest BCUT2D eigenvalue weighted by atomic mass is 32.1. The van der Waals surface area contributed by atoms with Crippen molar-refractivity contribution in [2.75, 3.05) is 5.32 Å². The van der Waals surface area contributed by atoms with Crippen LogP contribution in [-0.2, 0) is 0 Å². The van der Waals surface area contributed by atoms with Crippen molar-refractivity contribution in [1.82, 2.24) is 9.97 Å². The number of anilines is 1. The van der Waals surface area contributed by atoms with Gasteiger partial charge in [0.25, 0.3) is 0 Å². The molecule has 0 aliphatic rings. The highest BCUT2D eigenvalue weighted by Gasteiger charge is 2.14. The van der Waals surface area contributed by atoms with E-state index in [0.717, 1.165) is 22.0 Å². The number of rotatable bonds is 5. The van der Waals surface area contributed by atoms with Gasteiger partial charge in [-0.05, 0) is 38.1 Å². The van der Waals surface area contributed by atoms with Crippen LogP contribution < -0.4 is 5.32 Å². The topological polar surface area (TPSA) is 54.9 Å². The zero-order chi connectivity index (χ0) is 16.9. The number of nitrogens with one attached hydrogen (secondary N) is 1. The van der Waals surface area contributed by atoms with Crippen LogP contribution in [0.25, 0.3) is 10.6 Å². The Morgan fingerprint density at radius 1 is 1.17 bits per heavy atom. The number of hydrogen-bond acceptors (Lipinski definition) is 5. The number of hydrogen-bond donors (Lipinski definition) is 1. The number of carbonyl (C=O) groups excluding carboxylic acids is 1. The first-order chi connectivity index (χ1) is 11.6. The lowest BCUT2D eigenvalue weighted by Crippen LogP contribution is -1.95. The van der Waals surface area contributed by atoms with Crippen LogP contribution in [0.15, 0.2) is 61.1 Å². The van der Waals surface area contributed by atoms with Gasteiger partial charge in [0.2, 0.25) is 0 Å². The number of carbonyl (C=O) groups is 1. The minimum absolute atomic E-state index is 0.0558. The van der Waals surface area contributed by atoms with Crippen LogP contribution in [0.1, 0.15) is 20.9 Å². The summed E-state index contributed by atoms with van der Waals surface area (Å²) in [6.07, 6.45) is 6.67. The average molecular weight is 335 g/mol. The van der Waals surface area contributed by atoms with E-state index in [4.69, 9.17) is 0 Å². The molecule has 3 rings (SSSR count). The summed E-state index contributed by atoms with van der Waals surface area (Å²) in [5.41, 5.74) is 3.81. The smallest absolute Gasteiger partial charge is 0.199 e. The zero-order valence-corrected chi connectivity index (χ0v) is 14.3. The lowest BCUT2D eigenvalue weighted by atomic mass is 10.2. The van der Waals surface area contributed by atoms with Gasteiger partial charge in [-0.15, -0.1) is 11.3 Å². The maximum atomic E-state index is 12.4. The number of aromatic nitrogens is 2. The minimum atomic E-state index is -0.0558. The fourth-order valence-corrected chi connectivity index (χ4v) is 3.15. The summed E-state index contributed by atoms with van der Waals surface area (Å²) in [7, 11) is 0. The average Bonchev–Trinajstić information content (AvgIpc) is 2.99. The second-order valence-electron chi connectivity index (χ2n) is 5.38. The van der Waals surface area contributed by atoms with E-state index in [1.165, 1.54) is 23.0 Å². The molecule has 120 valence electrons. The molecule has 3 aromatic rings. The quantitative estimate of drug-likeness (QED) is 0.545. The first kappa shape index (κ1) is 16.1. The number of allylic oxidation sites excluding steroid dienone is 1. The Morgan fingerprint density at radius 2 is 1.96 bits per heavy atom. The predicted molar refractivity (Wildman–Crippen MR) is 98.4 cm³/mol. The fraction of sp³-hybridized carbons (Fsp3) is 0.105. The minimum Gasteiger partial charge on any atom is -0.362 e. The Bertz CT molecular complexity index is 867. The highest BCUT2D eigenvalue weighted by Crippen LogP contribution is 2.27. The number of thiazole rings is 1. The maximum Gasteiger partial charge on any atom is 0.199 e. The van der Waals surface area contributed by atoms with Crippen molar-refractivity contribution in [3.05, 3.63) is 77.2 Å². The normalized spacial score (nSPS) is 10.9. The third-order valence-corrected chi connectivity index (χ3v) is 4.69. The summed E-state index contributed by atoms with van der Waals surface area (Å²) in [6, 6.07) is 11.8. The number of ketones is 1. The van der Waals surface area contributed by atoms with Gasteiger partial charge in [0.05, 0.1) is 10.6 Å². The molecular formula is C19H17N3OS. The molecule has 0 amide bonds. The van der Waals surface area contributed by atoms with Gasteiger partial charge in [-0.1, -0.05) is 17.7 Å². The number of pyridine rings is 1. The molecule has 1 aromatic carbocycles. The monoisotopic (exact) mass is 335 g/mol. The summed E-state index contributed by atoms with van der Waals surface area (Å²) in [5.74, 6) is -0.0558. The predicted octanol–water partition coefficient (Wildman–Crippen LogP) is 4.63. The number of aryl methyl sites for hydroxylation is 2. The van der Waals surface area contributed by atoms with Crippen molar-refractivity contribution in [2.45, 2.75) is 13.8 Å². The van der Waals surface area contributed by atoms with Gasteiger partial charge in [-0.2, -0.15) is 0 Å². The molecule has 0 radical (unpaired) electrons. The standard InChI is InChI=1S/C19H17N3OS/c1-13-5-7-16(8-6-13)21-11-9-17(23)18-14(2)22-19(24-18)15-4-3-10-20-12-15/h3-12,21H,1-2H3. The third kappa shape index (κ3) is 3.75. The van der Waals surface area contributed by atoms with E-state index in [9.17, 15) is 4.79 Å². The van der Waals surface area contributed by atoms with Crippen LogP contribution in [-0.4, -0.2) is 15.8 Å². The molecule has 24 heavy (non-hydrogen) atoms. The Labute approximate surface area is 144 Å². The molecule has 5 heteroatoms. The molecule has 2 heterocycles. The van der Waals surface area contributed by atoms with E-state index in [2.05, 4.69) is 15.3 Å². The van der Waals surface area contributed by atoms with Crippen LogP contribution in [0.4, 0.5) is 5.69 Å². The molecule has 0 bridgehead atoms. The van der Waals surface area contributed by atoms with Crippen molar-refractivity contribution in [2.24, 2.45) is 0 Å². The van der Waals surface area contributed by atoms with Crippen molar-refractivity contribution in [3.8, 4) is 10.6 Å². The molecule has 1 N–H and O–H groups in total. The summed E-state index contributed by atoms with van der Waals surface area (Å²) >= 11 is 1.39. The summed E-state index contributed by atoms with van der Waals surface area (Å²) in [6.45, 7) is 3.89. The molecule has 0 aliphatic heterocycles. The van der Waals surface area contributed by atoms with Crippen molar-refractivity contribution >= 4 is 22.8 Å². The van der Waals surface area contributed by atoms with Crippen LogP contribution >= 0.6 is 11.3 Å². The van der Waals surface area contributed by atoms with Crippen LogP contribution in [0.2, 0.25) is 0 Å². The van der Waals surface area contributed by atoms with Crippen LogP contribution in [0, 0.1) is 13.8 Å².